The Balaban J connectivity index is 0.000000921. The molecule has 15 heavy (non-hydrogen) atoms. The van der Waals surface area contributed by atoms with Gasteiger partial charge in [-0.15, -0.1) is 0 Å². The Kier molecular flexibility index (Phi) is 4.88. The maximum Gasteiger partial charge on any atom is 0.374 e. The van der Waals surface area contributed by atoms with Gasteiger partial charge in [0.1, 0.15) is 0 Å². The van der Waals surface area contributed by atoms with Crippen LogP contribution in [0.15, 0.2) is 29.2 Å². The van der Waals surface area contributed by atoms with Crippen molar-refractivity contribution in [3.63, 3.8) is 0 Å². The molecule has 0 unspecified atom stereocenters. The van der Waals surface area contributed by atoms with E-state index < -0.39 is 9.84 Å². The van der Waals surface area contributed by atoms with E-state index in [2.05, 4.69) is 4.79 Å². The molecule has 0 spiro atoms. The highest BCUT2D eigenvalue weighted by Crippen LogP contribution is 2.09. The normalized spacial score (nSPS) is 9.27. The van der Waals surface area contributed by atoms with Crippen molar-refractivity contribution in [2.45, 2.75) is 11.8 Å². The van der Waals surface area contributed by atoms with E-state index in [4.69, 9.17) is 16.3 Å². The van der Waals surface area contributed by atoms with Gasteiger partial charge in [-0.1, -0.05) is 17.7 Å². The Bertz CT molecular complexity index is 483. The van der Waals surface area contributed by atoms with E-state index in [0.717, 1.165) is 5.56 Å². The molecule has 0 aromatic heterocycles. The van der Waals surface area contributed by atoms with Gasteiger partial charge in [0.25, 0.3) is 9.84 Å². The SMILES string of the molecule is Cc1ccc(S(=O)(=O)C=[N+]=[N-])cc1.N#N. The van der Waals surface area contributed by atoms with Gasteiger partial charge in [0.15, 0.2) is 0 Å². The third-order valence-corrected chi connectivity index (χ3v) is 2.84. The van der Waals surface area contributed by atoms with Crippen molar-refractivity contribution in [1.82, 2.24) is 0 Å². The number of hydrogen-bond acceptors (Lipinski definition) is 4. The highest BCUT2D eigenvalue weighted by Gasteiger charge is 2.14. The van der Waals surface area contributed by atoms with Gasteiger partial charge < -0.3 is 5.53 Å². The van der Waals surface area contributed by atoms with Crippen LogP contribution in [0.5, 0.6) is 0 Å². The summed E-state index contributed by atoms with van der Waals surface area (Å²) in [7, 11) is -3.57. The molecule has 78 valence electrons. The van der Waals surface area contributed by atoms with Crippen molar-refractivity contribution in [2.24, 2.45) is 0 Å². The molecule has 0 saturated carbocycles. The number of rotatable bonds is 2. The summed E-state index contributed by atoms with van der Waals surface area (Å²) in [5.41, 5.74) is 9.59. The van der Waals surface area contributed by atoms with E-state index in [1.54, 1.807) is 12.1 Å². The highest BCUT2D eigenvalue weighted by atomic mass is 32.2. The second-order valence-corrected chi connectivity index (χ2v) is 4.35. The number of aryl methyl sites for hydroxylation is 1. The molecular weight excluding hydrogens is 216 g/mol. The summed E-state index contributed by atoms with van der Waals surface area (Å²) >= 11 is 0. The van der Waals surface area contributed by atoms with E-state index in [9.17, 15) is 8.42 Å². The minimum Gasteiger partial charge on any atom is -0.361 e. The van der Waals surface area contributed by atoms with Crippen LogP contribution >= 0.6 is 0 Å². The maximum absolute atomic E-state index is 11.2. The van der Waals surface area contributed by atoms with Crippen molar-refractivity contribution in [1.29, 1.82) is 10.8 Å². The number of nitrogens with zero attached hydrogens (tertiary/aromatic N) is 4. The molecule has 0 N–H and O–H groups in total. The van der Waals surface area contributed by atoms with Gasteiger partial charge in [-0.3, -0.25) is 0 Å². The van der Waals surface area contributed by atoms with Crippen LogP contribution in [-0.4, -0.2) is 18.8 Å². The molecule has 0 radical (unpaired) electrons. The molecule has 0 saturated heterocycles. The molecule has 6 nitrogen and oxygen atoms in total. The van der Waals surface area contributed by atoms with Crippen LogP contribution in [-0.2, 0) is 9.84 Å². The molecule has 0 bridgehead atoms. The Morgan fingerprint density at radius 3 is 2.13 bits per heavy atom. The fourth-order valence-electron chi connectivity index (χ4n) is 0.851. The average molecular weight is 224 g/mol. The zero-order chi connectivity index (χ0) is 11.9. The Labute approximate surface area is 87.1 Å². The lowest BCUT2D eigenvalue weighted by molar-refractivity contribution is 0.00754. The first kappa shape index (κ1) is 13.0. The first-order valence-corrected chi connectivity index (χ1v) is 5.30. The Morgan fingerprint density at radius 1 is 1.27 bits per heavy atom. The highest BCUT2D eigenvalue weighted by molar-refractivity contribution is 8.04. The second kappa shape index (κ2) is 5.65. The van der Waals surface area contributed by atoms with Gasteiger partial charge in [0, 0.05) is 10.8 Å². The molecule has 0 amide bonds. The average Bonchev–Trinajstić information content (AvgIpc) is 2.21. The first-order valence-electron chi connectivity index (χ1n) is 3.75. The predicted octanol–water partition coefficient (Wildman–Crippen LogP) is 1.06. The minimum atomic E-state index is -3.57. The Hall–Kier alpha value is -2.03. The lowest BCUT2D eigenvalue weighted by Gasteiger charge is -1.94. The lowest BCUT2D eigenvalue weighted by Crippen LogP contribution is -2.02. The smallest absolute Gasteiger partial charge is 0.361 e. The third kappa shape index (κ3) is 3.68. The predicted molar refractivity (Wildman–Crippen MR) is 51.5 cm³/mol. The number of sulfone groups is 1. The molecule has 0 atom stereocenters. The van der Waals surface area contributed by atoms with E-state index in [1.165, 1.54) is 12.1 Å². The summed E-state index contributed by atoms with van der Waals surface area (Å²) in [6.45, 7) is 1.86. The molecule has 0 aliphatic heterocycles. The number of hydrogen-bond donors (Lipinski definition) is 0. The molecule has 1 aromatic carbocycles. The standard InChI is InChI=1S/C8H8N2O2S.N2/c1-7-2-4-8(5-3-7)13(11,12)6-10-9;1-2/h2-6H,1H3;. The van der Waals surface area contributed by atoms with E-state index in [0.29, 0.717) is 5.55 Å². The lowest BCUT2D eigenvalue weighted by atomic mass is 10.2. The van der Waals surface area contributed by atoms with Gasteiger partial charge in [0.2, 0.25) is 0 Å². The number of benzene rings is 1. The van der Waals surface area contributed by atoms with Crippen molar-refractivity contribution in [3.8, 4) is 0 Å². The van der Waals surface area contributed by atoms with Crippen molar-refractivity contribution in [3.05, 3.63) is 35.4 Å². The molecule has 7 heteroatoms. The van der Waals surface area contributed by atoms with Crippen LogP contribution in [0.3, 0.4) is 0 Å². The van der Waals surface area contributed by atoms with Crippen molar-refractivity contribution < 1.29 is 13.2 Å². The molecule has 0 heterocycles. The van der Waals surface area contributed by atoms with E-state index in [-0.39, 0.29) is 4.90 Å². The van der Waals surface area contributed by atoms with Crippen LogP contribution in [0, 0.1) is 17.7 Å². The summed E-state index contributed by atoms with van der Waals surface area (Å²) in [5, 5.41) is 12.0. The molecule has 0 aliphatic carbocycles. The largest absolute Gasteiger partial charge is 0.374 e. The fourth-order valence-corrected chi connectivity index (χ4v) is 1.61. The van der Waals surface area contributed by atoms with Gasteiger partial charge in [0.05, 0.1) is 4.90 Å². The quantitative estimate of drug-likeness (QED) is 0.245. The third-order valence-electron chi connectivity index (χ3n) is 1.54. The molecule has 0 fully saturated rings. The minimum absolute atomic E-state index is 0.121. The summed E-state index contributed by atoms with van der Waals surface area (Å²) in [6, 6.07) is 6.29. The van der Waals surface area contributed by atoms with Gasteiger partial charge in [-0.2, -0.15) is 4.79 Å². The Morgan fingerprint density at radius 2 is 1.73 bits per heavy atom. The molecular formula is C8H8N4O2S. The zero-order valence-electron chi connectivity index (χ0n) is 7.90. The van der Waals surface area contributed by atoms with Crippen LogP contribution in [0.2, 0.25) is 0 Å². The van der Waals surface area contributed by atoms with Gasteiger partial charge in [-0.25, -0.2) is 8.42 Å². The van der Waals surface area contributed by atoms with Crippen LogP contribution in [0.1, 0.15) is 5.56 Å². The summed E-state index contributed by atoms with van der Waals surface area (Å²) in [4.78, 5) is 2.61. The van der Waals surface area contributed by atoms with Gasteiger partial charge in [-0.05, 0) is 19.1 Å². The monoisotopic (exact) mass is 224 g/mol. The van der Waals surface area contributed by atoms with Crippen LogP contribution in [0.4, 0.5) is 0 Å². The van der Waals surface area contributed by atoms with Crippen molar-refractivity contribution >= 4 is 15.4 Å². The van der Waals surface area contributed by atoms with E-state index >= 15 is 0 Å². The second-order valence-electron chi connectivity index (χ2n) is 2.58. The topological polar surface area (TPSA) is 118 Å². The van der Waals surface area contributed by atoms with Crippen LogP contribution in [0.25, 0.3) is 5.53 Å². The van der Waals surface area contributed by atoms with Crippen LogP contribution < -0.4 is 0 Å². The first-order chi connectivity index (χ1) is 7.06. The molecule has 1 rings (SSSR count). The fraction of sp³-hybridized carbons (Fsp3) is 0.125. The molecule has 1 aromatic rings. The van der Waals surface area contributed by atoms with E-state index in [1.807, 2.05) is 6.92 Å². The van der Waals surface area contributed by atoms with Gasteiger partial charge >= 0.3 is 5.55 Å². The summed E-state index contributed by atoms with van der Waals surface area (Å²) in [5.74, 6) is 0. The zero-order valence-corrected chi connectivity index (χ0v) is 8.72. The van der Waals surface area contributed by atoms with Crippen molar-refractivity contribution in [2.75, 3.05) is 0 Å². The molecule has 0 aliphatic rings. The maximum atomic E-state index is 11.2. The summed E-state index contributed by atoms with van der Waals surface area (Å²) in [6.07, 6.45) is 0. The summed E-state index contributed by atoms with van der Waals surface area (Å²) < 4.78 is 22.5.